The first-order chi connectivity index (χ1) is 16.3. The molecule has 1 amide bonds. The molecule has 1 aliphatic carbocycles. The minimum Gasteiger partial charge on any atom is -0.443 e. The van der Waals surface area contributed by atoms with Crippen LogP contribution in [0.2, 0.25) is 0 Å². The second-order valence-corrected chi connectivity index (χ2v) is 10.9. The van der Waals surface area contributed by atoms with Gasteiger partial charge < -0.3 is 24.8 Å². The first kappa shape index (κ1) is 24.6. The number of nitrogens with zero attached hydrogens (tertiary/aromatic N) is 3. The molecule has 2 aromatic rings. The normalized spacial score (nSPS) is 22.9. The fourth-order valence-electron chi connectivity index (χ4n) is 6.11. The molecule has 4 rings (SSSR count). The van der Waals surface area contributed by atoms with Gasteiger partial charge in [-0.05, 0) is 55.9 Å². The Balaban J connectivity index is 1.53. The Morgan fingerprint density at radius 2 is 1.76 bits per heavy atom. The van der Waals surface area contributed by atoms with E-state index in [-0.39, 0.29) is 6.61 Å². The number of benzene rings is 1. The molecule has 34 heavy (non-hydrogen) atoms. The molecule has 1 aliphatic heterocycles. The summed E-state index contributed by atoms with van der Waals surface area (Å²) in [5.41, 5.74) is 8.70. The number of aromatic nitrogens is 1. The summed E-state index contributed by atoms with van der Waals surface area (Å²) in [5, 5.41) is 5.09. The zero-order valence-corrected chi connectivity index (χ0v) is 21.1. The summed E-state index contributed by atoms with van der Waals surface area (Å²) in [6, 6.07) is 9.34. The Labute approximate surface area is 203 Å². The van der Waals surface area contributed by atoms with Gasteiger partial charge in [-0.2, -0.15) is 0 Å². The molecule has 2 fully saturated rings. The molecule has 2 heterocycles. The highest BCUT2D eigenvalue weighted by Crippen LogP contribution is 2.40. The molecule has 1 aromatic heterocycles. The lowest BCUT2D eigenvalue weighted by molar-refractivity contribution is 0.0712. The van der Waals surface area contributed by atoms with Gasteiger partial charge in [0.1, 0.15) is 13.7 Å². The van der Waals surface area contributed by atoms with Gasteiger partial charge in [0.15, 0.2) is 0 Å². The Bertz CT molecular complexity index is 1010. The SMILES string of the molecule is CON=Cc1c(COC(N)=O)n(C2CCN([C@H]3CC[C@@H](C(C)(C)C)CC3)CC2)c2ccccc12. The van der Waals surface area contributed by atoms with Crippen molar-refractivity contribution < 1.29 is 14.4 Å². The van der Waals surface area contributed by atoms with E-state index in [2.05, 4.69) is 53.6 Å². The minimum atomic E-state index is -0.771. The number of para-hydroxylation sites is 1. The Kier molecular flexibility index (Phi) is 7.51. The predicted molar refractivity (Wildman–Crippen MR) is 136 cm³/mol. The number of fused-ring (bicyclic) bond motifs is 1. The summed E-state index contributed by atoms with van der Waals surface area (Å²) in [4.78, 5) is 19.1. The summed E-state index contributed by atoms with van der Waals surface area (Å²) >= 11 is 0. The molecule has 0 bridgehead atoms. The molecule has 1 saturated carbocycles. The van der Waals surface area contributed by atoms with Crippen molar-refractivity contribution in [3.63, 3.8) is 0 Å². The van der Waals surface area contributed by atoms with Gasteiger partial charge in [0.2, 0.25) is 0 Å². The van der Waals surface area contributed by atoms with Crippen molar-refractivity contribution >= 4 is 23.2 Å². The third-order valence-electron chi connectivity index (χ3n) is 8.00. The second kappa shape index (κ2) is 10.4. The van der Waals surface area contributed by atoms with E-state index in [1.54, 1.807) is 6.21 Å². The highest BCUT2D eigenvalue weighted by atomic mass is 16.6. The third kappa shape index (κ3) is 5.24. The van der Waals surface area contributed by atoms with Crippen LogP contribution in [0.1, 0.15) is 76.6 Å². The van der Waals surface area contributed by atoms with Crippen LogP contribution in [0.15, 0.2) is 29.4 Å². The number of amides is 1. The lowest BCUT2D eigenvalue weighted by Gasteiger charge is -2.43. The van der Waals surface area contributed by atoms with Crippen molar-refractivity contribution in [2.45, 2.75) is 78.0 Å². The van der Waals surface area contributed by atoms with Gasteiger partial charge in [0.05, 0.1) is 11.9 Å². The second-order valence-electron chi connectivity index (χ2n) is 10.9. The minimum absolute atomic E-state index is 0.117. The number of rotatable bonds is 6. The molecule has 1 saturated heterocycles. The fourth-order valence-corrected chi connectivity index (χ4v) is 6.11. The van der Waals surface area contributed by atoms with Crippen LogP contribution < -0.4 is 5.73 Å². The maximum Gasteiger partial charge on any atom is 0.404 e. The summed E-state index contributed by atoms with van der Waals surface area (Å²) in [6.07, 6.45) is 8.39. The van der Waals surface area contributed by atoms with Crippen LogP contribution in [0.25, 0.3) is 10.9 Å². The molecule has 2 aliphatic rings. The third-order valence-corrected chi connectivity index (χ3v) is 8.00. The molecule has 0 radical (unpaired) electrons. The average molecular weight is 469 g/mol. The van der Waals surface area contributed by atoms with Crippen LogP contribution in [0.4, 0.5) is 4.79 Å². The van der Waals surface area contributed by atoms with E-state index >= 15 is 0 Å². The summed E-state index contributed by atoms with van der Waals surface area (Å²) in [7, 11) is 1.53. The maximum absolute atomic E-state index is 11.4. The van der Waals surface area contributed by atoms with Crippen molar-refractivity contribution in [2.75, 3.05) is 20.2 Å². The van der Waals surface area contributed by atoms with E-state index in [1.165, 1.54) is 32.8 Å². The zero-order chi connectivity index (χ0) is 24.3. The van der Waals surface area contributed by atoms with E-state index in [0.717, 1.165) is 54.0 Å². The summed E-state index contributed by atoms with van der Waals surface area (Å²) in [6.45, 7) is 9.47. The van der Waals surface area contributed by atoms with Crippen LogP contribution >= 0.6 is 0 Å². The van der Waals surface area contributed by atoms with Crippen LogP contribution in [-0.2, 0) is 16.2 Å². The predicted octanol–water partition coefficient (Wildman–Crippen LogP) is 5.46. The van der Waals surface area contributed by atoms with E-state index in [1.807, 2.05) is 6.07 Å². The molecule has 7 nitrogen and oxygen atoms in total. The van der Waals surface area contributed by atoms with Gasteiger partial charge in [0, 0.05) is 41.6 Å². The number of hydrogen-bond donors (Lipinski definition) is 1. The van der Waals surface area contributed by atoms with Gasteiger partial charge >= 0.3 is 6.09 Å². The Hall–Kier alpha value is -2.54. The molecule has 0 spiro atoms. The van der Waals surface area contributed by atoms with Crippen molar-refractivity contribution in [3.8, 4) is 0 Å². The van der Waals surface area contributed by atoms with E-state index in [9.17, 15) is 4.79 Å². The molecular weight excluding hydrogens is 428 g/mol. The molecule has 0 atom stereocenters. The van der Waals surface area contributed by atoms with Crippen molar-refractivity contribution in [2.24, 2.45) is 22.2 Å². The summed E-state index contributed by atoms with van der Waals surface area (Å²) < 4.78 is 7.62. The topological polar surface area (TPSA) is 82.1 Å². The van der Waals surface area contributed by atoms with Crippen molar-refractivity contribution in [1.82, 2.24) is 9.47 Å². The van der Waals surface area contributed by atoms with Crippen LogP contribution in [-0.4, -0.2) is 48.0 Å². The number of oxime groups is 1. The van der Waals surface area contributed by atoms with Crippen LogP contribution in [0, 0.1) is 11.3 Å². The van der Waals surface area contributed by atoms with Gasteiger partial charge in [-0.1, -0.05) is 44.1 Å². The lowest BCUT2D eigenvalue weighted by atomic mass is 9.71. The van der Waals surface area contributed by atoms with Crippen LogP contribution in [0.5, 0.6) is 0 Å². The number of primary amides is 1. The highest BCUT2D eigenvalue weighted by molar-refractivity contribution is 6.01. The monoisotopic (exact) mass is 468 g/mol. The highest BCUT2D eigenvalue weighted by Gasteiger charge is 2.34. The van der Waals surface area contributed by atoms with E-state index < -0.39 is 6.09 Å². The van der Waals surface area contributed by atoms with Gasteiger partial charge in [0.25, 0.3) is 0 Å². The Morgan fingerprint density at radius 3 is 2.38 bits per heavy atom. The van der Waals surface area contributed by atoms with Gasteiger partial charge in [-0.3, -0.25) is 0 Å². The standard InChI is InChI=1S/C27H40N4O3/c1-27(2,3)19-9-11-20(12-10-19)30-15-13-21(14-16-30)31-24-8-6-5-7-22(24)23(17-29-33-4)25(31)18-34-26(28)32/h5-8,17,19-21H,9-16,18H2,1-4H3,(H2,28,32)/t19-,20+. The number of piperidine rings is 1. The fraction of sp³-hybridized carbons (Fsp3) is 0.630. The van der Waals surface area contributed by atoms with Gasteiger partial charge in [-0.25, -0.2) is 4.79 Å². The average Bonchev–Trinajstić information content (AvgIpc) is 3.14. The van der Waals surface area contributed by atoms with E-state index in [0.29, 0.717) is 17.5 Å². The number of carbonyl (C=O) groups excluding carboxylic acids is 1. The molecule has 0 unspecified atom stereocenters. The van der Waals surface area contributed by atoms with Gasteiger partial charge in [-0.15, -0.1) is 0 Å². The first-order valence-corrected chi connectivity index (χ1v) is 12.6. The molecule has 1 aromatic carbocycles. The number of ether oxygens (including phenoxy) is 1. The zero-order valence-electron chi connectivity index (χ0n) is 21.1. The van der Waals surface area contributed by atoms with E-state index in [4.69, 9.17) is 15.3 Å². The molecule has 186 valence electrons. The molecular formula is C27H40N4O3. The number of nitrogens with two attached hydrogens (primary N) is 1. The quantitative estimate of drug-likeness (QED) is 0.451. The largest absolute Gasteiger partial charge is 0.443 e. The summed E-state index contributed by atoms with van der Waals surface area (Å²) in [5.74, 6) is 0.840. The molecule has 2 N–H and O–H groups in total. The smallest absolute Gasteiger partial charge is 0.404 e. The first-order valence-electron chi connectivity index (χ1n) is 12.6. The number of likely N-dealkylation sites (tertiary alicyclic amines) is 1. The number of hydrogen-bond acceptors (Lipinski definition) is 5. The lowest BCUT2D eigenvalue weighted by Crippen LogP contribution is -2.44. The van der Waals surface area contributed by atoms with Crippen molar-refractivity contribution in [3.05, 3.63) is 35.5 Å². The van der Waals surface area contributed by atoms with Crippen LogP contribution in [0.3, 0.4) is 0 Å². The maximum atomic E-state index is 11.4. The van der Waals surface area contributed by atoms with Crippen molar-refractivity contribution in [1.29, 1.82) is 0 Å². The Morgan fingerprint density at radius 1 is 1.09 bits per heavy atom. The number of carbonyl (C=O) groups is 1. The molecule has 7 heteroatoms.